The van der Waals surface area contributed by atoms with Crippen LogP contribution in [0.2, 0.25) is 0 Å². The lowest BCUT2D eigenvalue weighted by Crippen LogP contribution is -2.02. The molecule has 20 heavy (non-hydrogen) atoms. The zero-order valence-electron chi connectivity index (χ0n) is 11.4. The van der Waals surface area contributed by atoms with Gasteiger partial charge in [-0.25, -0.2) is 9.97 Å². The second-order valence-electron chi connectivity index (χ2n) is 4.34. The van der Waals surface area contributed by atoms with Gasteiger partial charge in [0.15, 0.2) is 5.82 Å². The van der Waals surface area contributed by atoms with Crippen molar-refractivity contribution in [3.8, 4) is 0 Å². The Kier molecular flexibility index (Phi) is 4.92. The van der Waals surface area contributed by atoms with Crippen LogP contribution in [0.5, 0.6) is 0 Å². The molecule has 106 valence electrons. The number of carboxylic acids is 1. The lowest BCUT2D eigenvalue weighted by molar-refractivity contribution is -0.136. The van der Waals surface area contributed by atoms with Crippen molar-refractivity contribution in [2.75, 3.05) is 12.9 Å². The molecule has 5 nitrogen and oxygen atoms in total. The van der Waals surface area contributed by atoms with Gasteiger partial charge in [0.05, 0.1) is 11.9 Å². The molecule has 6 heteroatoms. The van der Waals surface area contributed by atoms with Crippen LogP contribution in [0.1, 0.15) is 17.8 Å². The van der Waals surface area contributed by atoms with Crippen LogP contribution < -0.4 is 0 Å². The molecule has 0 saturated heterocycles. The second kappa shape index (κ2) is 6.67. The van der Waals surface area contributed by atoms with Crippen molar-refractivity contribution in [3.05, 3.63) is 29.6 Å². The van der Waals surface area contributed by atoms with Gasteiger partial charge in [-0.1, -0.05) is 12.1 Å². The van der Waals surface area contributed by atoms with E-state index in [1.807, 2.05) is 25.1 Å². The average Bonchev–Trinajstić information content (AvgIpc) is 2.38. The third-order valence-electron chi connectivity index (χ3n) is 2.77. The maximum atomic E-state index is 10.6. The number of thioether (sulfide) groups is 1. The summed E-state index contributed by atoms with van der Waals surface area (Å²) < 4.78 is 5.08. The van der Waals surface area contributed by atoms with E-state index in [0.717, 1.165) is 21.5 Å². The van der Waals surface area contributed by atoms with E-state index in [1.165, 1.54) is 11.8 Å². The van der Waals surface area contributed by atoms with Gasteiger partial charge < -0.3 is 9.84 Å². The number of benzene rings is 1. The Balaban J connectivity index is 2.39. The summed E-state index contributed by atoms with van der Waals surface area (Å²) in [6.07, 6.45) is 0.113. The van der Waals surface area contributed by atoms with Gasteiger partial charge in [-0.05, 0) is 18.6 Å². The first kappa shape index (κ1) is 14.7. The highest BCUT2D eigenvalue weighted by atomic mass is 32.2. The highest BCUT2D eigenvalue weighted by Crippen LogP contribution is 2.28. The van der Waals surface area contributed by atoms with E-state index >= 15 is 0 Å². The molecule has 1 N–H and O–H groups in total. The van der Waals surface area contributed by atoms with E-state index in [1.54, 1.807) is 7.11 Å². The summed E-state index contributed by atoms with van der Waals surface area (Å²) in [6, 6.07) is 5.89. The highest BCUT2D eigenvalue weighted by Gasteiger charge is 2.11. The number of rotatable bonds is 6. The maximum absolute atomic E-state index is 10.6. The number of nitrogens with zero attached hydrogens (tertiary/aromatic N) is 2. The molecular formula is C14H16N2O3S. The molecule has 0 aliphatic heterocycles. The molecule has 0 fully saturated rings. The number of methoxy groups -OCH3 is 1. The minimum Gasteiger partial charge on any atom is -0.481 e. The smallest absolute Gasteiger partial charge is 0.304 e. The SMILES string of the molecule is COCc1nc(SCCC(=O)O)c2c(C)cccc2n1. The lowest BCUT2D eigenvalue weighted by atomic mass is 10.1. The van der Waals surface area contributed by atoms with Gasteiger partial charge in [-0.2, -0.15) is 0 Å². The van der Waals surface area contributed by atoms with Crippen molar-refractivity contribution >= 4 is 28.6 Å². The predicted molar refractivity (Wildman–Crippen MR) is 78.0 cm³/mol. The van der Waals surface area contributed by atoms with E-state index in [-0.39, 0.29) is 6.42 Å². The molecule has 2 rings (SSSR count). The summed E-state index contributed by atoms with van der Waals surface area (Å²) in [7, 11) is 1.60. The average molecular weight is 292 g/mol. The second-order valence-corrected chi connectivity index (χ2v) is 5.42. The fourth-order valence-electron chi connectivity index (χ4n) is 1.89. The van der Waals surface area contributed by atoms with Crippen LogP contribution in [0.4, 0.5) is 0 Å². The van der Waals surface area contributed by atoms with Gasteiger partial charge in [0.1, 0.15) is 11.6 Å². The number of ether oxygens (including phenoxy) is 1. The van der Waals surface area contributed by atoms with Crippen LogP contribution in [-0.2, 0) is 16.1 Å². The number of hydrogen-bond donors (Lipinski definition) is 1. The van der Waals surface area contributed by atoms with Crippen molar-refractivity contribution in [1.29, 1.82) is 0 Å². The van der Waals surface area contributed by atoms with Crippen LogP contribution in [0.3, 0.4) is 0 Å². The zero-order valence-corrected chi connectivity index (χ0v) is 12.2. The fraction of sp³-hybridized carbons (Fsp3) is 0.357. The maximum Gasteiger partial charge on any atom is 0.304 e. The number of carboxylic acid groups (broad SMARTS) is 1. The summed E-state index contributed by atoms with van der Waals surface area (Å²) in [5, 5.41) is 10.5. The largest absolute Gasteiger partial charge is 0.481 e. The van der Waals surface area contributed by atoms with Crippen LogP contribution in [-0.4, -0.2) is 33.9 Å². The molecule has 1 aromatic carbocycles. The van der Waals surface area contributed by atoms with E-state index in [9.17, 15) is 4.79 Å². The Morgan fingerprint density at radius 3 is 2.90 bits per heavy atom. The van der Waals surface area contributed by atoms with Crippen LogP contribution in [0, 0.1) is 6.92 Å². The summed E-state index contributed by atoms with van der Waals surface area (Å²) in [4.78, 5) is 19.6. The quantitative estimate of drug-likeness (QED) is 0.652. The van der Waals surface area contributed by atoms with Gasteiger partial charge in [0, 0.05) is 18.2 Å². The molecule has 0 spiro atoms. The summed E-state index contributed by atoms with van der Waals surface area (Å²) in [6.45, 7) is 2.35. The van der Waals surface area contributed by atoms with Crippen molar-refractivity contribution in [2.45, 2.75) is 25.0 Å². The minimum absolute atomic E-state index is 0.113. The third-order valence-corrected chi connectivity index (χ3v) is 3.75. The first-order chi connectivity index (χ1) is 9.61. The highest BCUT2D eigenvalue weighted by molar-refractivity contribution is 7.99. The normalized spacial score (nSPS) is 10.9. The molecular weight excluding hydrogens is 276 g/mol. The van der Waals surface area contributed by atoms with Crippen LogP contribution in [0.15, 0.2) is 23.2 Å². The van der Waals surface area contributed by atoms with E-state index < -0.39 is 5.97 Å². The first-order valence-corrected chi connectivity index (χ1v) is 7.20. The van der Waals surface area contributed by atoms with Gasteiger partial charge in [0.2, 0.25) is 0 Å². The Bertz CT molecular complexity index is 631. The monoisotopic (exact) mass is 292 g/mol. The number of aliphatic carboxylic acids is 1. The summed E-state index contributed by atoms with van der Waals surface area (Å²) in [5.41, 5.74) is 1.95. The van der Waals surface area contributed by atoms with Crippen LogP contribution in [0.25, 0.3) is 10.9 Å². The number of aryl methyl sites for hydroxylation is 1. The van der Waals surface area contributed by atoms with E-state index in [4.69, 9.17) is 9.84 Å². The standard InChI is InChI=1S/C14H16N2O3S/c1-9-4-3-5-10-13(9)14(20-7-6-12(17)18)16-11(15-10)8-19-2/h3-5H,6-8H2,1-2H3,(H,17,18). The molecule has 0 aliphatic rings. The molecule has 0 unspecified atom stereocenters. The Hall–Kier alpha value is -1.66. The van der Waals surface area contributed by atoms with Crippen molar-refractivity contribution < 1.29 is 14.6 Å². The zero-order chi connectivity index (χ0) is 14.5. The molecule has 0 amide bonds. The third kappa shape index (κ3) is 3.46. The number of aromatic nitrogens is 2. The van der Waals surface area contributed by atoms with Crippen molar-refractivity contribution in [3.63, 3.8) is 0 Å². The predicted octanol–water partition coefficient (Wildman–Crippen LogP) is 2.65. The molecule has 0 bridgehead atoms. The summed E-state index contributed by atoms with van der Waals surface area (Å²) >= 11 is 1.44. The van der Waals surface area contributed by atoms with Gasteiger partial charge in [-0.3, -0.25) is 4.79 Å². The van der Waals surface area contributed by atoms with E-state index in [0.29, 0.717) is 18.2 Å². The van der Waals surface area contributed by atoms with Gasteiger partial charge in [-0.15, -0.1) is 11.8 Å². The minimum atomic E-state index is -0.801. The molecule has 0 aliphatic carbocycles. The summed E-state index contributed by atoms with van der Waals surface area (Å²) in [5.74, 6) is 0.301. The Morgan fingerprint density at radius 2 is 2.20 bits per heavy atom. The first-order valence-electron chi connectivity index (χ1n) is 6.21. The van der Waals surface area contributed by atoms with Gasteiger partial charge >= 0.3 is 5.97 Å². The molecule has 2 aromatic rings. The molecule has 1 aromatic heterocycles. The topological polar surface area (TPSA) is 72.3 Å². The number of hydrogen-bond acceptors (Lipinski definition) is 5. The Labute approximate surface area is 121 Å². The van der Waals surface area contributed by atoms with E-state index in [2.05, 4.69) is 9.97 Å². The van der Waals surface area contributed by atoms with Gasteiger partial charge in [0.25, 0.3) is 0 Å². The molecule has 0 saturated carbocycles. The molecule has 0 atom stereocenters. The van der Waals surface area contributed by atoms with Crippen molar-refractivity contribution in [2.24, 2.45) is 0 Å². The lowest BCUT2D eigenvalue weighted by Gasteiger charge is -2.09. The molecule has 0 radical (unpaired) electrons. The Morgan fingerprint density at radius 1 is 1.40 bits per heavy atom. The number of fused-ring (bicyclic) bond motifs is 1. The van der Waals surface area contributed by atoms with Crippen molar-refractivity contribution in [1.82, 2.24) is 9.97 Å². The van der Waals surface area contributed by atoms with Crippen LogP contribution >= 0.6 is 11.8 Å². The fourth-order valence-corrected chi connectivity index (χ4v) is 2.94. The number of carbonyl (C=O) groups is 1. The molecule has 1 heterocycles.